The summed E-state index contributed by atoms with van der Waals surface area (Å²) in [5, 5.41) is 7.02. The van der Waals surface area contributed by atoms with Gasteiger partial charge < -0.3 is 10.6 Å². The van der Waals surface area contributed by atoms with Gasteiger partial charge in [0.25, 0.3) is 0 Å². The Bertz CT molecular complexity index is 497. The molecule has 2 N–H and O–H groups in total. The summed E-state index contributed by atoms with van der Waals surface area (Å²) in [6.07, 6.45) is 6.39. The number of nitrogens with one attached hydrogen (secondary N) is 2. The molecule has 1 amide bonds. The monoisotopic (exact) mass is 300 g/mol. The largest absolute Gasteiger partial charge is 0.352 e. The summed E-state index contributed by atoms with van der Waals surface area (Å²) in [6, 6.07) is 11.8. The molecule has 0 aromatic heterocycles. The lowest BCUT2D eigenvalue weighted by molar-refractivity contribution is -0.128. The maximum Gasteiger partial charge on any atom is 0.230 e. The molecule has 1 aromatic carbocycles. The third kappa shape index (κ3) is 2.79. The first-order valence-electron chi connectivity index (χ1n) is 8.80. The molecule has 1 aromatic rings. The normalized spacial score (nSPS) is 27.6. The van der Waals surface area contributed by atoms with Gasteiger partial charge in [-0.25, -0.2) is 0 Å². The van der Waals surface area contributed by atoms with E-state index in [1.54, 1.807) is 0 Å². The highest BCUT2D eigenvalue weighted by Gasteiger charge is 2.40. The zero-order valence-corrected chi connectivity index (χ0v) is 13.8. The van der Waals surface area contributed by atoms with Crippen LogP contribution in [0.3, 0.4) is 0 Å². The van der Waals surface area contributed by atoms with Crippen LogP contribution in [0.1, 0.15) is 57.9 Å². The van der Waals surface area contributed by atoms with Crippen molar-refractivity contribution >= 4 is 5.91 Å². The second kappa shape index (κ2) is 6.41. The molecule has 3 heteroatoms. The lowest BCUT2D eigenvalue weighted by atomic mass is 9.74. The summed E-state index contributed by atoms with van der Waals surface area (Å²) in [7, 11) is 0. The number of carbonyl (C=O) groups is 1. The van der Waals surface area contributed by atoms with E-state index >= 15 is 0 Å². The van der Waals surface area contributed by atoms with Gasteiger partial charge in [0.1, 0.15) is 0 Å². The minimum Gasteiger partial charge on any atom is -0.352 e. The molecule has 2 bridgehead atoms. The van der Waals surface area contributed by atoms with Crippen LogP contribution in [0, 0.1) is 0 Å². The molecule has 0 radical (unpaired) electrons. The van der Waals surface area contributed by atoms with E-state index in [-0.39, 0.29) is 11.3 Å². The van der Waals surface area contributed by atoms with Crippen molar-refractivity contribution in [3.8, 4) is 0 Å². The van der Waals surface area contributed by atoms with E-state index in [1.165, 1.54) is 12.8 Å². The van der Waals surface area contributed by atoms with E-state index in [9.17, 15) is 4.79 Å². The van der Waals surface area contributed by atoms with Crippen LogP contribution < -0.4 is 10.6 Å². The zero-order chi connectivity index (χ0) is 15.6. The first-order chi connectivity index (χ1) is 10.7. The van der Waals surface area contributed by atoms with Crippen molar-refractivity contribution in [2.75, 3.05) is 0 Å². The lowest BCUT2D eigenvalue weighted by Gasteiger charge is -2.36. The van der Waals surface area contributed by atoms with Crippen LogP contribution in [0.15, 0.2) is 30.3 Å². The second-order valence-corrected chi connectivity index (χ2v) is 6.93. The fourth-order valence-electron chi connectivity index (χ4n) is 4.37. The fraction of sp³-hybridized carbons (Fsp3) is 0.632. The van der Waals surface area contributed by atoms with Crippen molar-refractivity contribution < 1.29 is 4.79 Å². The Balaban J connectivity index is 1.76. The Hall–Kier alpha value is -1.35. The van der Waals surface area contributed by atoms with E-state index in [4.69, 9.17) is 0 Å². The zero-order valence-electron chi connectivity index (χ0n) is 13.8. The topological polar surface area (TPSA) is 41.1 Å². The van der Waals surface area contributed by atoms with Gasteiger partial charge in [-0.1, -0.05) is 44.2 Å². The maximum atomic E-state index is 13.1. The summed E-state index contributed by atoms with van der Waals surface area (Å²) in [5.41, 5.74) is 0.764. The van der Waals surface area contributed by atoms with Crippen molar-refractivity contribution in [2.24, 2.45) is 0 Å². The van der Waals surface area contributed by atoms with E-state index in [2.05, 4.69) is 36.6 Å². The Labute approximate surface area is 133 Å². The first kappa shape index (κ1) is 15.5. The molecule has 3 nitrogen and oxygen atoms in total. The Morgan fingerprint density at radius 1 is 1.14 bits per heavy atom. The van der Waals surface area contributed by atoms with Crippen LogP contribution in [-0.2, 0) is 10.2 Å². The second-order valence-electron chi connectivity index (χ2n) is 6.93. The Kier molecular flexibility index (Phi) is 4.53. The highest BCUT2D eigenvalue weighted by Crippen LogP contribution is 2.33. The summed E-state index contributed by atoms with van der Waals surface area (Å²) >= 11 is 0. The fourth-order valence-corrected chi connectivity index (χ4v) is 4.37. The number of hydrogen-bond donors (Lipinski definition) is 2. The van der Waals surface area contributed by atoms with Crippen LogP contribution in [-0.4, -0.2) is 24.0 Å². The molecule has 2 heterocycles. The summed E-state index contributed by atoms with van der Waals surface area (Å²) in [4.78, 5) is 13.1. The molecular formula is C19H28N2O. The molecule has 0 spiro atoms. The highest BCUT2D eigenvalue weighted by molar-refractivity contribution is 5.88. The molecule has 2 aliphatic heterocycles. The molecule has 2 unspecified atom stereocenters. The summed E-state index contributed by atoms with van der Waals surface area (Å²) in [5.74, 6) is 0.218. The van der Waals surface area contributed by atoms with Gasteiger partial charge in [0.2, 0.25) is 5.91 Å². The standard InChI is InChI=1S/C19H28N2O/c1-3-19(4-2,14-8-6-5-7-9-14)18(22)21-17-12-15-10-11-16(13-17)20-15/h5-9,15-17,20H,3-4,10-13H2,1-2H3,(H,21,22). The van der Waals surface area contributed by atoms with Crippen molar-refractivity contribution in [2.45, 2.75) is 75.9 Å². The molecule has 22 heavy (non-hydrogen) atoms. The van der Waals surface area contributed by atoms with Crippen molar-refractivity contribution in [1.29, 1.82) is 0 Å². The van der Waals surface area contributed by atoms with E-state index < -0.39 is 0 Å². The van der Waals surface area contributed by atoms with Gasteiger partial charge >= 0.3 is 0 Å². The smallest absolute Gasteiger partial charge is 0.230 e. The molecule has 2 atom stereocenters. The number of amides is 1. The van der Waals surface area contributed by atoms with Crippen molar-refractivity contribution in [3.05, 3.63) is 35.9 Å². The Morgan fingerprint density at radius 3 is 2.27 bits per heavy atom. The number of benzene rings is 1. The molecule has 2 fully saturated rings. The van der Waals surface area contributed by atoms with E-state index in [0.29, 0.717) is 18.1 Å². The third-order valence-corrected chi connectivity index (χ3v) is 5.78. The van der Waals surface area contributed by atoms with Gasteiger partial charge in [-0.15, -0.1) is 0 Å². The number of carbonyl (C=O) groups excluding carboxylic acids is 1. The minimum atomic E-state index is -0.384. The highest BCUT2D eigenvalue weighted by atomic mass is 16.2. The average molecular weight is 300 g/mol. The van der Waals surface area contributed by atoms with Crippen LogP contribution in [0.25, 0.3) is 0 Å². The number of hydrogen-bond acceptors (Lipinski definition) is 2. The molecule has 3 rings (SSSR count). The van der Waals surface area contributed by atoms with E-state index in [0.717, 1.165) is 31.2 Å². The molecule has 120 valence electrons. The molecular weight excluding hydrogens is 272 g/mol. The van der Waals surface area contributed by atoms with Crippen molar-refractivity contribution in [1.82, 2.24) is 10.6 Å². The molecule has 0 aliphatic carbocycles. The van der Waals surface area contributed by atoms with Crippen molar-refractivity contribution in [3.63, 3.8) is 0 Å². The van der Waals surface area contributed by atoms with Crippen LogP contribution >= 0.6 is 0 Å². The lowest BCUT2D eigenvalue weighted by Crippen LogP contribution is -2.53. The molecule has 2 aliphatic rings. The van der Waals surface area contributed by atoms with Gasteiger partial charge in [0.15, 0.2) is 0 Å². The van der Waals surface area contributed by atoms with Gasteiger partial charge in [0.05, 0.1) is 5.41 Å². The average Bonchev–Trinajstić information content (AvgIpc) is 2.89. The van der Waals surface area contributed by atoms with Crippen LogP contribution in [0.5, 0.6) is 0 Å². The third-order valence-electron chi connectivity index (χ3n) is 5.78. The number of rotatable bonds is 5. The predicted octanol–water partition coefficient (Wildman–Crippen LogP) is 3.14. The summed E-state index contributed by atoms with van der Waals surface area (Å²) in [6.45, 7) is 4.25. The number of fused-ring (bicyclic) bond motifs is 2. The van der Waals surface area contributed by atoms with Crippen LogP contribution in [0.2, 0.25) is 0 Å². The predicted molar refractivity (Wildman–Crippen MR) is 89.8 cm³/mol. The van der Waals surface area contributed by atoms with Gasteiger partial charge in [-0.05, 0) is 44.1 Å². The quantitative estimate of drug-likeness (QED) is 0.877. The van der Waals surface area contributed by atoms with Crippen LogP contribution in [0.4, 0.5) is 0 Å². The SMILES string of the molecule is CCC(CC)(C(=O)NC1CC2CCC(C1)N2)c1ccccc1. The first-order valence-corrected chi connectivity index (χ1v) is 8.80. The molecule has 2 saturated heterocycles. The van der Waals surface area contributed by atoms with Gasteiger partial charge in [-0.2, -0.15) is 0 Å². The minimum absolute atomic E-state index is 0.218. The van der Waals surface area contributed by atoms with Gasteiger partial charge in [0, 0.05) is 18.1 Å². The summed E-state index contributed by atoms with van der Waals surface area (Å²) < 4.78 is 0. The number of piperidine rings is 1. The Morgan fingerprint density at radius 2 is 1.73 bits per heavy atom. The molecule has 0 saturated carbocycles. The van der Waals surface area contributed by atoms with E-state index in [1.807, 2.05) is 18.2 Å². The van der Waals surface area contributed by atoms with Gasteiger partial charge in [-0.3, -0.25) is 4.79 Å². The maximum absolute atomic E-state index is 13.1.